The van der Waals surface area contributed by atoms with Crippen LogP contribution in [0.1, 0.15) is 18.4 Å². The van der Waals surface area contributed by atoms with Gasteiger partial charge in [-0.2, -0.15) is 17.0 Å². The molecular weight excluding hydrogens is 244 g/mol. The van der Waals surface area contributed by atoms with E-state index in [2.05, 4.69) is 11.4 Å². The number of benzene rings is 1. The first-order valence-electron chi connectivity index (χ1n) is 6.29. The number of hydrogen-bond donors (Lipinski definition) is 1. The Morgan fingerprint density at radius 3 is 2.89 bits per heavy atom. The van der Waals surface area contributed by atoms with E-state index in [0.717, 1.165) is 17.9 Å². The average Bonchev–Trinajstić information content (AvgIpc) is 2.45. The molecule has 1 aromatic carbocycles. The Balaban J connectivity index is 1.89. The van der Waals surface area contributed by atoms with Crippen LogP contribution in [0.15, 0.2) is 24.3 Å². The Kier molecular flexibility index (Phi) is 5.37. The van der Waals surface area contributed by atoms with Gasteiger partial charge in [0, 0.05) is 18.2 Å². The molecule has 4 heteroatoms. The standard InChI is InChI=1S/C14H18N2OS/c15-7-8-17-14-4-2-1-3-12(14)11-16-13-5-9-18-10-6-13/h1-4,13,16H,5-6,8-11H2. The highest BCUT2D eigenvalue weighted by Crippen LogP contribution is 2.20. The molecule has 1 aliphatic rings. The van der Waals surface area contributed by atoms with Crippen LogP contribution in [-0.4, -0.2) is 24.2 Å². The van der Waals surface area contributed by atoms with E-state index >= 15 is 0 Å². The van der Waals surface area contributed by atoms with E-state index in [-0.39, 0.29) is 6.61 Å². The van der Waals surface area contributed by atoms with Crippen LogP contribution < -0.4 is 10.1 Å². The van der Waals surface area contributed by atoms with Crippen LogP contribution in [0.2, 0.25) is 0 Å². The molecule has 0 aromatic heterocycles. The molecule has 3 nitrogen and oxygen atoms in total. The summed E-state index contributed by atoms with van der Waals surface area (Å²) in [5, 5.41) is 12.1. The molecular formula is C14H18N2OS. The average molecular weight is 262 g/mol. The number of nitriles is 1. The lowest BCUT2D eigenvalue weighted by Gasteiger charge is -2.23. The second kappa shape index (κ2) is 7.30. The largest absolute Gasteiger partial charge is 0.478 e. The van der Waals surface area contributed by atoms with Gasteiger partial charge in [0.05, 0.1) is 0 Å². The second-order valence-electron chi connectivity index (χ2n) is 4.32. The summed E-state index contributed by atoms with van der Waals surface area (Å²) in [7, 11) is 0. The third-order valence-electron chi connectivity index (χ3n) is 3.07. The monoisotopic (exact) mass is 262 g/mol. The van der Waals surface area contributed by atoms with E-state index < -0.39 is 0 Å². The van der Waals surface area contributed by atoms with Crippen LogP contribution in [0.5, 0.6) is 5.75 Å². The lowest BCUT2D eigenvalue weighted by Crippen LogP contribution is -2.32. The van der Waals surface area contributed by atoms with Crippen molar-refractivity contribution < 1.29 is 4.74 Å². The Labute approximate surface area is 113 Å². The van der Waals surface area contributed by atoms with Crippen LogP contribution in [0, 0.1) is 11.3 Å². The molecule has 1 heterocycles. The van der Waals surface area contributed by atoms with Crippen molar-refractivity contribution >= 4 is 11.8 Å². The summed E-state index contributed by atoms with van der Waals surface area (Å²) in [4.78, 5) is 0. The van der Waals surface area contributed by atoms with Gasteiger partial charge in [0.25, 0.3) is 0 Å². The van der Waals surface area contributed by atoms with Crippen molar-refractivity contribution in [1.29, 1.82) is 5.26 Å². The zero-order chi connectivity index (χ0) is 12.6. The number of thioether (sulfide) groups is 1. The quantitative estimate of drug-likeness (QED) is 0.886. The Hall–Kier alpha value is -1.18. The van der Waals surface area contributed by atoms with Crippen LogP contribution in [0.25, 0.3) is 0 Å². The SMILES string of the molecule is N#CCOc1ccccc1CNC1CCSCC1. The second-order valence-corrected chi connectivity index (χ2v) is 5.55. The first kappa shape index (κ1) is 13.3. The van der Waals surface area contributed by atoms with E-state index in [1.54, 1.807) is 0 Å². The highest BCUT2D eigenvalue weighted by atomic mass is 32.2. The van der Waals surface area contributed by atoms with Gasteiger partial charge >= 0.3 is 0 Å². The fourth-order valence-corrected chi connectivity index (χ4v) is 3.16. The van der Waals surface area contributed by atoms with E-state index in [0.29, 0.717) is 6.04 Å². The smallest absolute Gasteiger partial charge is 0.174 e. The molecule has 1 aliphatic heterocycles. The number of para-hydroxylation sites is 1. The van der Waals surface area contributed by atoms with Gasteiger partial charge in [0.2, 0.25) is 0 Å². The first-order chi connectivity index (χ1) is 8.90. The summed E-state index contributed by atoms with van der Waals surface area (Å²) >= 11 is 2.03. The highest BCUT2D eigenvalue weighted by molar-refractivity contribution is 7.99. The van der Waals surface area contributed by atoms with E-state index in [4.69, 9.17) is 10.00 Å². The molecule has 0 bridgehead atoms. The molecule has 0 atom stereocenters. The van der Waals surface area contributed by atoms with Gasteiger partial charge in [0.15, 0.2) is 6.61 Å². The zero-order valence-corrected chi connectivity index (χ0v) is 11.2. The fraction of sp³-hybridized carbons (Fsp3) is 0.500. The maximum Gasteiger partial charge on any atom is 0.174 e. The number of ether oxygens (including phenoxy) is 1. The lowest BCUT2D eigenvalue weighted by molar-refractivity contribution is 0.360. The topological polar surface area (TPSA) is 45.0 Å². The third kappa shape index (κ3) is 3.94. The molecule has 0 unspecified atom stereocenters. The zero-order valence-electron chi connectivity index (χ0n) is 10.4. The molecule has 0 aliphatic carbocycles. The molecule has 1 N–H and O–H groups in total. The minimum atomic E-state index is 0.108. The molecule has 0 amide bonds. The minimum absolute atomic E-state index is 0.108. The van der Waals surface area contributed by atoms with Crippen LogP contribution in [-0.2, 0) is 6.54 Å². The van der Waals surface area contributed by atoms with Crippen LogP contribution in [0.3, 0.4) is 0 Å². The molecule has 0 radical (unpaired) electrons. The summed E-state index contributed by atoms with van der Waals surface area (Å²) in [5.74, 6) is 3.32. The van der Waals surface area contributed by atoms with Crippen LogP contribution >= 0.6 is 11.8 Å². The molecule has 2 rings (SSSR count). The third-order valence-corrected chi connectivity index (χ3v) is 4.12. The van der Waals surface area contributed by atoms with Crippen molar-refractivity contribution in [3.05, 3.63) is 29.8 Å². The van der Waals surface area contributed by atoms with Gasteiger partial charge in [-0.15, -0.1) is 0 Å². The van der Waals surface area contributed by atoms with Gasteiger partial charge in [-0.3, -0.25) is 0 Å². The highest BCUT2D eigenvalue weighted by Gasteiger charge is 2.13. The molecule has 1 fully saturated rings. The summed E-state index contributed by atoms with van der Waals surface area (Å²) in [5.41, 5.74) is 1.13. The van der Waals surface area contributed by atoms with Crippen molar-refractivity contribution in [3.8, 4) is 11.8 Å². The lowest BCUT2D eigenvalue weighted by atomic mass is 10.1. The number of rotatable bonds is 5. The fourth-order valence-electron chi connectivity index (χ4n) is 2.06. The Bertz CT molecular complexity index is 411. The van der Waals surface area contributed by atoms with Gasteiger partial charge in [0.1, 0.15) is 11.8 Å². The van der Waals surface area contributed by atoms with Crippen molar-refractivity contribution in [2.75, 3.05) is 18.1 Å². The Morgan fingerprint density at radius 1 is 1.33 bits per heavy atom. The maximum absolute atomic E-state index is 8.56. The van der Waals surface area contributed by atoms with Crippen molar-refractivity contribution in [1.82, 2.24) is 5.32 Å². The molecule has 1 aromatic rings. The molecule has 1 saturated heterocycles. The van der Waals surface area contributed by atoms with Crippen LogP contribution in [0.4, 0.5) is 0 Å². The Morgan fingerprint density at radius 2 is 2.11 bits per heavy atom. The first-order valence-corrected chi connectivity index (χ1v) is 7.44. The molecule has 0 saturated carbocycles. The van der Waals surface area contributed by atoms with Crippen molar-refractivity contribution in [3.63, 3.8) is 0 Å². The van der Waals surface area contributed by atoms with Gasteiger partial charge < -0.3 is 10.1 Å². The molecule has 0 spiro atoms. The van der Waals surface area contributed by atoms with Gasteiger partial charge in [-0.1, -0.05) is 18.2 Å². The molecule has 96 valence electrons. The summed E-state index contributed by atoms with van der Waals surface area (Å²) in [6.07, 6.45) is 2.48. The summed E-state index contributed by atoms with van der Waals surface area (Å²) in [6, 6.07) is 10.5. The van der Waals surface area contributed by atoms with Crippen molar-refractivity contribution in [2.24, 2.45) is 0 Å². The predicted molar refractivity (Wildman–Crippen MR) is 74.7 cm³/mol. The summed E-state index contributed by atoms with van der Waals surface area (Å²) in [6.45, 7) is 0.925. The van der Waals surface area contributed by atoms with Crippen molar-refractivity contribution in [2.45, 2.75) is 25.4 Å². The van der Waals surface area contributed by atoms with E-state index in [9.17, 15) is 0 Å². The van der Waals surface area contributed by atoms with Gasteiger partial charge in [-0.05, 0) is 30.4 Å². The van der Waals surface area contributed by atoms with Gasteiger partial charge in [-0.25, -0.2) is 0 Å². The molecule has 18 heavy (non-hydrogen) atoms. The maximum atomic E-state index is 8.56. The minimum Gasteiger partial charge on any atom is -0.478 e. The number of nitrogens with zero attached hydrogens (tertiary/aromatic N) is 1. The number of hydrogen-bond acceptors (Lipinski definition) is 4. The normalized spacial score (nSPS) is 16.2. The van der Waals surface area contributed by atoms with E-state index in [1.807, 2.05) is 36.0 Å². The predicted octanol–water partition coefficient (Wildman–Crippen LogP) is 2.57. The number of nitrogens with one attached hydrogen (secondary N) is 1. The van der Waals surface area contributed by atoms with E-state index in [1.165, 1.54) is 24.3 Å². The summed E-state index contributed by atoms with van der Waals surface area (Å²) < 4.78 is 5.42.